The normalized spacial score (nSPS) is 27.7. The number of hydrogen-bond acceptors (Lipinski definition) is 2. The van der Waals surface area contributed by atoms with Crippen LogP contribution in [0, 0.1) is 5.92 Å². The highest BCUT2D eigenvalue weighted by atomic mass is 79.9. The molecule has 106 valence electrons. The van der Waals surface area contributed by atoms with Gasteiger partial charge in [0.2, 0.25) is 0 Å². The highest BCUT2D eigenvalue weighted by Crippen LogP contribution is 2.40. The van der Waals surface area contributed by atoms with Crippen molar-refractivity contribution in [1.29, 1.82) is 0 Å². The highest BCUT2D eigenvalue weighted by Gasteiger charge is 2.32. The van der Waals surface area contributed by atoms with Crippen LogP contribution in [0.25, 0.3) is 0 Å². The Kier molecular flexibility index (Phi) is 5.04. The number of benzene rings is 1. The third-order valence-corrected chi connectivity index (χ3v) is 6.02. The second-order valence-corrected chi connectivity index (χ2v) is 6.78. The van der Waals surface area contributed by atoms with Crippen LogP contribution in [0.4, 0.5) is 5.69 Å². The summed E-state index contributed by atoms with van der Waals surface area (Å²) >= 11 is 16.0. The van der Waals surface area contributed by atoms with E-state index in [2.05, 4.69) is 40.0 Å². The van der Waals surface area contributed by atoms with Gasteiger partial charge < -0.3 is 10.2 Å². The molecule has 19 heavy (non-hydrogen) atoms. The van der Waals surface area contributed by atoms with Gasteiger partial charge in [-0.05, 0) is 54.4 Å². The molecule has 1 saturated heterocycles. The first kappa shape index (κ1) is 15.4. The molecule has 1 aliphatic heterocycles. The molecule has 0 aromatic heterocycles. The molecule has 1 aromatic rings. The lowest BCUT2D eigenvalue weighted by Crippen LogP contribution is -2.52. The number of halogens is 3. The minimum atomic E-state index is 0.431. The Balaban J connectivity index is 2.31. The minimum Gasteiger partial charge on any atom is -0.367 e. The molecule has 0 bridgehead atoms. The molecule has 0 saturated carbocycles. The topological polar surface area (TPSA) is 15.3 Å². The van der Waals surface area contributed by atoms with E-state index in [1.54, 1.807) is 0 Å². The number of piperidine rings is 1. The SMILES string of the molecule is CNC1CCN(c2ccc(Br)c(Cl)c2Cl)C(C)C1C. The Labute approximate surface area is 133 Å². The molecule has 5 heteroatoms. The molecule has 0 aliphatic carbocycles. The second kappa shape index (κ2) is 6.21. The van der Waals surface area contributed by atoms with Crippen molar-refractivity contribution in [1.82, 2.24) is 5.32 Å². The number of rotatable bonds is 2. The molecule has 3 unspecified atom stereocenters. The van der Waals surface area contributed by atoms with Crippen molar-refractivity contribution in [2.75, 3.05) is 18.5 Å². The lowest BCUT2D eigenvalue weighted by atomic mass is 9.87. The van der Waals surface area contributed by atoms with E-state index < -0.39 is 0 Å². The van der Waals surface area contributed by atoms with Crippen molar-refractivity contribution in [3.63, 3.8) is 0 Å². The van der Waals surface area contributed by atoms with Crippen LogP contribution in [-0.4, -0.2) is 25.7 Å². The Morgan fingerprint density at radius 2 is 1.95 bits per heavy atom. The van der Waals surface area contributed by atoms with Gasteiger partial charge in [0, 0.05) is 23.1 Å². The van der Waals surface area contributed by atoms with Gasteiger partial charge in [-0.2, -0.15) is 0 Å². The fourth-order valence-corrected chi connectivity index (χ4v) is 3.73. The summed E-state index contributed by atoms with van der Waals surface area (Å²) < 4.78 is 0.841. The summed E-state index contributed by atoms with van der Waals surface area (Å²) in [5, 5.41) is 4.63. The molecule has 1 heterocycles. The minimum absolute atomic E-state index is 0.431. The molecule has 1 fully saturated rings. The van der Waals surface area contributed by atoms with Crippen molar-refractivity contribution in [2.24, 2.45) is 5.92 Å². The molecular weight excluding hydrogens is 347 g/mol. The van der Waals surface area contributed by atoms with Gasteiger partial charge in [0.25, 0.3) is 0 Å². The van der Waals surface area contributed by atoms with Gasteiger partial charge in [-0.3, -0.25) is 0 Å². The van der Waals surface area contributed by atoms with E-state index in [1.807, 2.05) is 19.2 Å². The summed E-state index contributed by atoms with van der Waals surface area (Å²) in [5.74, 6) is 0.567. The zero-order valence-electron chi connectivity index (χ0n) is 11.4. The fraction of sp³-hybridized carbons (Fsp3) is 0.571. The van der Waals surface area contributed by atoms with Crippen LogP contribution in [0.3, 0.4) is 0 Å². The first-order chi connectivity index (χ1) is 8.97. The highest BCUT2D eigenvalue weighted by molar-refractivity contribution is 9.10. The van der Waals surface area contributed by atoms with Crippen LogP contribution in [0.5, 0.6) is 0 Å². The van der Waals surface area contributed by atoms with Crippen molar-refractivity contribution in [3.05, 3.63) is 26.7 Å². The molecule has 2 nitrogen and oxygen atoms in total. The summed E-state index contributed by atoms with van der Waals surface area (Å²) in [6.45, 7) is 5.53. The van der Waals surface area contributed by atoms with Crippen LogP contribution in [0.1, 0.15) is 20.3 Å². The van der Waals surface area contributed by atoms with Crippen molar-refractivity contribution in [3.8, 4) is 0 Å². The van der Waals surface area contributed by atoms with Crippen molar-refractivity contribution >= 4 is 44.8 Å². The zero-order valence-corrected chi connectivity index (χ0v) is 14.5. The molecule has 0 spiro atoms. The summed E-state index contributed by atoms with van der Waals surface area (Å²) in [5.41, 5.74) is 1.03. The van der Waals surface area contributed by atoms with Gasteiger partial charge in [-0.25, -0.2) is 0 Å². The molecule has 1 aliphatic rings. The van der Waals surface area contributed by atoms with Gasteiger partial charge in [0.15, 0.2) is 0 Å². The van der Waals surface area contributed by atoms with E-state index >= 15 is 0 Å². The monoisotopic (exact) mass is 364 g/mol. The van der Waals surface area contributed by atoms with E-state index in [1.165, 1.54) is 0 Å². The van der Waals surface area contributed by atoms with Gasteiger partial charge in [0.1, 0.15) is 0 Å². The smallest absolute Gasteiger partial charge is 0.0837 e. The second-order valence-electron chi connectivity index (χ2n) is 5.17. The van der Waals surface area contributed by atoms with Crippen LogP contribution in [0.2, 0.25) is 10.0 Å². The van der Waals surface area contributed by atoms with E-state index in [9.17, 15) is 0 Å². The van der Waals surface area contributed by atoms with Gasteiger partial charge >= 0.3 is 0 Å². The standard InChI is InChI=1S/C14H19BrCl2N2/c1-8-9(2)19(7-6-11(8)18-3)12-5-4-10(15)13(16)14(12)17/h4-5,8-9,11,18H,6-7H2,1-3H3. The maximum absolute atomic E-state index is 6.40. The Morgan fingerprint density at radius 3 is 2.58 bits per heavy atom. The lowest BCUT2D eigenvalue weighted by Gasteiger charge is -2.44. The van der Waals surface area contributed by atoms with E-state index in [0.29, 0.717) is 28.0 Å². The van der Waals surface area contributed by atoms with Gasteiger partial charge in [-0.1, -0.05) is 30.1 Å². The molecule has 1 aromatic carbocycles. The predicted octanol–water partition coefficient (Wildman–Crippen LogP) is 4.58. The molecule has 3 atom stereocenters. The number of anilines is 1. The van der Waals surface area contributed by atoms with Crippen molar-refractivity contribution < 1.29 is 0 Å². The first-order valence-electron chi connectivity index (χ1n) is 6.54. The molecule has 2 rings (SSSR count). The van der Waals surface area contributed by atoms with Crippen molar-refractivity contribution in [2.45, 2.75) is 32.4 Å². The molecule has 0 radical (unpaired) electrons. The summed E-state index contributed by atoms with van der Waals surface area (Å²) in [6, 6.07) is 5.00. The Bertz CT molecular complexity index is 467. The number of hydrogen-bond donors (Lipinski definition) is 1. The molecule has 1 N–H and O–H groups in total. The molecular formula is C14H19BrCl2N2. The fourth-order valence-electron chi connectivity index (χ4n) is 2.85. The summed E-state index contributed by atoms with van der Waals surface area (Å²) in [7, 11) is 2.03. The quantitative estimate of drug-likeness (QED) is 0.771. The predicted molar refractivity (Wildman–Crippen MR) is 87.6 cm³/mol. The van der Waals surface area contributed by atoms with Crippen LogP contribution in [-0.2, 0) is 0 Å². The van der Waals surface area contributed by atoms with Gasteiger partial charge in [-0.15, -0.1) is 0 Å². The van der Waals surface area contributed by atoms with E-state index in [0.717, 1.165) is 23.1 Å². The number of nitrogens with one attached hydrogen (secondary N) is 1. The van der Waals surface area contributed by atoms with Crippen LogP contribution < -0.4 is 10.2 Å². The largest absolute Gasteiger partial charge is 0.367 e. The van der Waals surface area contributed by atoms with Gasteiger partial charge in [0.05, 0.1) is 15.7 Å². The number of nitrogens with zero attached hydrogens (tertiary/aromatic N) is 1. The average Bonchev–Trinajstić information content (AvgIpc) is 2.40. The van der Waals surface area contributed by atoms with E-state index in [-0.39, 0.29) is 0 Å². The summed E-state index contributed by atoms with van der Waals surface area (Å²) in [4.78, 5) is 2.36. The summed E-state index contributed by atoms with van der Waals surface area (Å²) in [6.07, 6.45) is 1.12. The Morgan fingerprint density at radius 1 is 1.26 bits per heavy atom. The third-order valence-electron chi connectivity index (χ3n) is 4.26. The van der Waals surface area contributed by atoms with Crippen LogP contribution in [0.15, 0.2) is 16.6 Å². The Hall–Kier alpha value is 0.0400. The zero-order chi connectivity index (χ0) is 14.2. The average molecular weight is 366 g/mol. The maximum Gasteiger partial charge on any atom is 0.0837 e. The first-order valence-corrected chi connectivity index (χ1v) is 8.09. The van der Waals surface area contributed by atoms with E-state index in [4.69, 9.17) is 23.2 Å². The molecule has 0 amide bonds. The lowest BCUT2D eigenvalue weighted by molar-refractivity contribution is 0.283. The third kappa shape index (κ3) is 2.90. The van der Waals surface area contributed by atoms with Crippen LogP contribution >= 0.6 is 39.1 Å². The maximum atomic E-state index is 6.40.